The van der Waals surface area contributed by atoms with Crippen molar-refractivity contribution in [1.82, 2.24) is 9.78 Å². The fourth-order valence-corrected chi connectivity index (χ4v) is 3.96. The first-order chi connectivity index (χ1) is 12.0. The molecule has 2 heterocycles. The van der Waals surface area contributed by atoms with Crippen molar-refractivity contribution >= 4 is 5.69 Å². The van der Waals surface area contributed by atoms with Crippen molar-refractivity contribution in [3.63, 3.8) is 0 Å². The van der Waals surface area contributed by atoms with E-state index in [0.29, 0.717) is 11.6 Å². The van der Waals surface area contributed by atoms with Gasteiger partial charge in [-0.05, 0) is 48.9 Å². The summed E-state index contributed by atoms with van der Waals surface area (Å²) >= 11 is 0. The lowest BCUT2D eigenvalue weighted by Gasteiger charge is -2.38. The maximum atomic E-state index is 13.8. The van der Waals surface area contributed by atoms with Crippen LogP contribution >= 0.6 is 0 Å². The van der Waals surface area contributed by atoms with Gasteiger partial charge in [-0.3, -0.25) is 4.68 Å². The van der Waals surface area contributed by atoms with E-state index < -0.39 is 6.43 Å². The molecule has 1 aromatic carbocycles. The zero-order valence-electron chi connectivity index (χ0n) is 15.3. The highest BCUT2D eigenvalue weighted by Gasteiger charge is 2.26. The third-order valence-electron chi connectivity index (χ3n) is 5.19. The van der Waals surface area contributed by atoms with Crippen LogP contribution in [0.5, 0.6) is 0 Å². The van der Waals surface area contributed by atoms with Crippen molar-refractivity contribution in [3.8, 4) is 11.1 Å². The van der Waals surface area contributed by atoms with Gasteiger partial charge in [-0.2, -0.15) is 5.10 Å². The van der Waals surface area contributed by atoms with Crippen LogP contribution in [0, 0.1) is 0 Å². The Morgan fingerprint density at radius 1 is 1.24 bits per heavy atom. The minimum Gasteiger partial charge on any atom is -0.368 e. The largest absolute Gasteiger partial charge is 0.368 e. The number of aryl methyl sites for hydroxylation is 2. The molecule has 1 aliphatic heterocycles. The fourth-order valence-electron chi connectivity index (χ4n) is 3.96. The normalized spacial score (nSPS) is 15.5. The van der Waals surface area contributed by atoms with Crippen LogP contribution in [0.1, 0.15) is 57.1 Å². The number of hydrogen-bond acceptors (Lipinski definition) is 2. The van der Waals surface area contributed by atoms with Crippen molar-refractivity contribution in [2.45, 2.75) is 58.4 Å². The summed E-state index contributed by atoms with van der Waals surface area (Å²) in [5.41, 5.74) is 3.69. The highest BCUT2D eigenvalue weighted by atomic mass is 19.3. The van der Waals surface area contributed by atoms with Gasteiger partial charge in [0.2, 0.25) is 0 Å². The van der Waals surface area contributed by atoms with Crippen LogP contribution in [0.4, 0.5) is 14.5 Å². The Hall–Kier alpha value is -1.91. The average molecular weight is 347 g/mol. The molecule has 0 saturated heterocycles. The van der Waals surface area contributed by atoms with Crippen molar-refractivity contribution in [2.24, 2.45) is 7.05 Å². The first-order valence-corrected chi connectivity index (χ1v) is 9.25. The lowest BCUT2D eigenvalue weighted by atomic mass is 9.91. The van der Waals surface area contributed by atoms with Crippen molar-refractivity contribution in [2.75, 3.05) is 11.4 Å². The smallest absolute Gasteiger partial charge is 0.264 e. The molecule has 0 amide bonds. The van der Waals surface area contributed by atoms with E-state index >= 15 is 0 Å². The second-order valence-electron chi connectivity index (χ2n) is 6.92. The monoisotopic (exact) mass is 347 g/mol. The van der Waals surface area contributed by atoms with Gasteiger partial charge in [0.15, 0.2) is 0 Å². The van der Waals surface area contributed by atoms with Crippen LogP contribution in [0.2, 0.25) is 0 Å². The van der Waals surface area contributed by atoms with Gasteiger partial charge in [-0.1, -0.05) is 20.3 Å². The molecule has 25 heavy (non-hydrogen) atoms. The molecule has 3 nitrogen and oxygen atoms in total. The van der Waals surface area contributed by atoms with Crippen molar-refractivity contribution in [3.05, 3.63) is 35.7 Å². The molecule has 1 unspecified atom stereocenters. The topological polar surface area (TPSA) is 21.1 Å². The van der Waals surface area contributed by atoms with Crippen LogP contribution in [0.25, 0.3) is 11.1 Å². The molecule has 0 bridgehead atoms. The number of nitrogens with zero attached hydrogens (tertiary/aromatic N) is 3. The number of anilines is 1. The summed E-state index contributed by atoms with van der Waals surface area (Å²) in [5.74, 6) is 0. The maximum Gasteiger partial charge on any atom is 0.264 e. The Morgan fingerprint density at radius 2 is 2.04 bits per heavy atom. The summed E-state index contributed by atoms with van der Waals surface area (Å²) in [6.45, 7) is 5.33. The minimum absolute atomic E-state index is 0.116. The third-order valence-corrected chi connectivity index (χ3v) is 5.19. The number of alkyl halides is 2. The molecule has 0 saturated carbocycles. The molecule has 2 aromatic rings. The SMILES string of the molecule is CCCC(CC)N1CCCc2cc(-c3cnn(C)c3)c(C(F)F)cc21. The number of fused-ring (bicyclic) bond motifs is 1. The van der Waals surface area contributed by atoms with E-state index in [0.717, 1.165) is 49.9 Å². The predicted molar refractivity (Wildman–Crippen MR) is 98.3 cm³/mol. The van der Waals surface area contributed by atoms with Gasteiger partial charge in [-0.15, -0.1) is 0 Å². The van der Waals surface area contributed by atoms with E-state index in [9.17, 15) is 8.78 Å². The molecule has 0 radical (unpaired) electrons. The Kier molecular flexibility index (Phi) is 5.40. The van der Waals surface area contributed by atoms with Crippen LogP contribution in [-0.4, -0.2) is 22.4 Å². The van der Waals surface area contributed by atoms with Crippen LogP contribution in [0.3, 0.4) is 0 Å². The zero-order valence-corrected chi connectivity index (χ0v) is 15.3. The van der Waals surface area contributed by atoms with Gasteiger partial charge >= 0.3 is 0 Å². The van der Waals surface area contributed by atoms with E-state index in [4.69, 9.17) is 0 Å². The molecule has 0 aliphatic carbocycles. The maximum absolute atomic E-state index is 13.8. The summed E-state index contributed by atoms with van der Waals surface area (Å²) in [6, 6.07) is 4.14. The van der Waals surface area contributed by atoms with Crippen LogP contribution < -0.4 is 4.90 Å². The van der Waals surface area contributed by atoms with Gasteiger partial charge in [0.05, 0.1) is 6.20 Å². The highest BCUT2D eigenvalue weighted by molar-refractivity contribution is 5.73. The Bertz CT molecular complexity index is 724. The minimum atomic E-state index is -2.49. The summed E-state index contributed by atoms with van der Waals surface area (Å²) in [4.78, 5) is 2.36. The Morgan fingerprint density at radius 3 is 2.64 bits per heavy atom. The molecule has 3 rings (SSSR count). The van der Waals surface area contributed by atoms with Gasteiger partial charge < -0.3 is 4.90 Å². The predicted octanol–water partition coefficient (Wildman–Crippen LogP) is 5.36. The zero-order chi connectivity index (χ0) is 18.0. The Labute approximate surface area is 148 Å². The summed E-state index contributed by atoms with van der Waals surface area (Å²) in [6.07, 6.45) is 6.26. The van der Waals surface area contributed by atoms with Crippen LogP contribution in [-0.2, 0) is 13.5 Å². The fraction of sp³-hybridized carbons (Fsp3) is 0.550. The molecule has 0 fully saturated rings. The lowest BCUT2D eigenvalue weighted by Crippen LogP contribution is -2.38. The van der Waals surface area contributed by atoms with Gasteiger partial charge in [0, 0.05) is 42.6 Å². The third kappa shape index (κ3) is 3.55. The van der Waals surface area contributed by atoms with Crippen molar-refractivity contribution < 1.29 is 8.78 Å². The van der Waals surface area contributed by atoms with Crippen LogP contribution in [0.15, 0.2) is 24.5 Å². The van der Waals surface area contributed by atoms with Gasteiger partial charge in [0.1, 0.15) is 0 Å². The molecule has 0 N–H and O–H groups in total. The molecule has 1 aliphatic rings. The molecular weight excluding hydrogens is 320 g/mol. The summed E-state index contributed by atoms with van der Waals surface area (Å²) in [5, 5.41) is 4.15. The van der Waals surface area contributed by atoms with Gasteiger partial charge in [-0.25, -0.2) is 8.78 Å². The van der Waals surface area contributed by atoms with Crippen molar-refractivity contribution in [1.29, 1.82) is 0 Å². The van der Waals surface area contributed by atoms with E-state index in [2.05, 4.69) is 23.8 Å². The number of benzene rings is 1. The van der Waals surface area contributed by atoms with E-state index in [1.807, 2.05) is 13.1 Å². The lowest BCUT2D eigenvalue weighted by molar-refractivity contribution is 0.152. The van der Waals surface area contributed by atoms with E-state index in [-0.39, 0.29) is 5.56 Å². The molecule has 1 aromatic heterocycles. The standard InChI is InChI=1S/C20H27F2N3/c1-4-7-16(5-2)25-9-6-8-14-10-17(15-12-23-24(3)13-15)18(20(21)22)11-19(14)25/h10-13,16,20H,4-9H2,1-3H3. The molecule has 5 heteroatoms. The molecule has 1 atom stereocenters. The average Bonchev–Trinajstić information content (AvgIpc) is 3.04. The first-order valence-electron chi connectivity index (χ1n) is 9.25. The number of rotatable bonds is 6. The van der Waals surface area contributed by atoms with E-state index in [1.165, 1.54) is 5.56 Å². The summed E-state index contributed by atoms with van der Waals surface area (Å²) < 4.78 is 29.3. The molecular formula is C20H27F2N3. The molecule has 136 valence electrons. The number of hydrogen-bond donors (Lipinski definition) is 0. The van der Waals surface area contributed by atoms with Gasteiger partial charge in [0.25, 0.3) is 6.43 Å². The second kappa shape index (κ2) is 7.54. The first kappa shape index (κ1) is 17.9. The number of aromatic nitrogens is 2. The second-order valence-corrected chi connectivity index (χ2v) is 6.92. The number of halogens is 2. The Balaban J connectivity index is 2.08. The molecule has 0 spiro atoms. The van der Waals surface area contributed by atoms with E-state index in [1.54, 1.807) is 23.1 Å². The summed E-state index contributed by atoms with van der Waals surface area (Å²) in [7, 11) is 1.81. The highest BCUT2D eigenvalue weighted by Crippen LogP contribution is 2.40. The quantitative estimate of drug-likeness (QED) is 0.702.